The second-order valence-electron chi connectivity index (χ2n) is 4.68. The molecule has 1 amide bonds. The summed E-state index contributed by atoms with van der Waals surface area (Å²) in [5, 5.41) is 8.90. The smallest absolute Gasteiger partial charge is 0.271 e. The van der Waals surface area contributed by atoms with Gasteiger partial charge in [0.25, 0.3) is 11.5 Å². The molecule has 0 saturated carbocycles. The van der Waals surface area contributed by atoms with Crippen LogP contribution in [-0.2, 0) is 0 Å². The third kappa shape index (κ3) is 3.87. The third-order valence-corrected chi connectivity index (χ3v) is 3.28. The monoisotopic (exact) mass is 265 g/mol. The van der Waals surface area contributed by atoms with Crippen LogP contribution >= 0.6 is 0 Å². The molecule has 1 aromatic rings. The molecule has 1 saturated heterocycles. The Hall–Kier alpha value is -1.73. The SMILES string of the molecule is NCCN1CCC(NC(=O)c2ccc(=O)[nH]n2)CC1. The van der Waals surface area contributed by atoms with Crippen LogP contribution in [0.3, 0.4) is 0 Å². The summed E-state index contributed by atoms with van der Waals surface area (Å²) >= 11 is 0. The molecule has 2 rings (SSSR count). The van der Waals surface area contributed by atoms with Crippen LogP contribution in [0.15, 0.2) is 16.9 Å². The molecule has 0 unspecified atom stereocenters. The van der Waals surface area contributed by atoms with Crippen LogP contribution < -0.4 is 16.6 Å². The molecule has 1 aliphatic rings. The van der Waals surface area contributed by atoms with E-state index in [-0.39, 0.29) is 23.2 Å². The molecule has 1 fully saturated rings. The number of nitrogens with zero attached hydrogens (tertiary/aromatic N) is 2. The van der Waals surface area contributed by atoms with Crippen molar-refractivity contribution in [1.29, 1.82) is 0 Å². The Bertz CT molecular complexity index is 459. The number of H-pyrrole nitrogens is 1. The molecule has 0 aliphatic carbocycles. The van der Waals surface area contributed by atoms with E-state index in [0.29, 0.717) is 6.54 Å². The first-order valence-corrected chi connectivity index (χ1v) is 6.48. The lowest BCUT2D eigenvalue weighted by Crippen LogP contribution is -2.46. The second-order valence-corrected chi connectivity index (χ2v) is 4.68. The van der Waals surface area contributed by atoms with Crippen molar-refractivity contribution in [1.82, 2.24) is 20.4 Å². The Kier molecular flexibility index (Phi) is 4.64. The van der Waals surface area contributed by atoms with Gasteiger partial charge in [0.1, 0.15) is 5.69 Å². The van der Waals surface area contributed by atoms with Crippen LogP contribution in [0.1, 0.15) is 23.3 Å². The van der Waals surface area contributed by atoms with Gasteiger partial charge < -0.3 is 16.0 Å². The van der Waals surface area contributed by atoms with Crippen LogP contribution in [0.2, 0.25) is 0 Å². The van der Waals surface area contributed by atoms with E-state index in [1.165, 1.54) is 12.1 Å². The standard InChI is InChI=1S/C12H19N5O2/c13-5-8-17-6-3-9(4-7-17)14-12(19)10-1-2-11(18)16-15-10/h1-2,9H,3-8,13H2,(H,14,19)(H,16,18). The zero-order chi connectivity index (χ0) is 13.7. The van der Waals surface area contributed by atoms with E-state index >= 15 is 0 Å². The predicted octanol–water partition coefficient (Wildman–Crippen LogP) is -1.08. The average Bonchev–Trinajstić information content (AvgIpc) is 2.42. The van der Waals surface area contributed by atoms with Gasteiger partial charge in [0.15, 0.2) is 0 Å². The van der Waals surface area contributed by atoms with Crippen LogP contribution in [0.5, 0.6) is 0 Å². The van der Waals surface area contributed by atoms with E-state index in [1.807, 2.05) is 0 Å². The lowest BCUT2D eigenvalue weighted by Gasteiger charge is -2.31. The van der Waals surface area contributed by atoms with E-state index in [9.17, 15) is 9.59 Å². The van der Waals surface area contributed by atoms with Crippen LogP contribution in [0.4, 0.5) is 0 Å². The molecule has 0 atom stereocenters. The highest BCUT2D eigenvalue weighted by atomic mass is 16.2. The maximum Gasteiger partial charge on any atom is 0.271 e. The summed E-state index contributed by atoms with van der Waals surface area (Å²) in [5.41, 5.74) is 5.44. The Balaban J connectivity index is 1.83. The van der Waals surface area contributed by atoms with Crippen molar-refractivity contribution in [3.8, 4) is 0 Å². The fourth-order valence-corrected chi connectivity index (χ4v) is 2.21. The highest BCUT2D eigenvalue weighted by Gasteiger charge is 2.21. The number of carbonyl (C=O) groups excluding carboxylic acids is 1. The van der Waals surface area contributed by atoms with Crippen LogP contribution in [-0.4, -0.2) is 53.2 Å². The molecule has 0 aromatic carbocycles. The molecule has 0 radical (unpaired) electrons. The van der Waals surface area contributed by atoms with Gasteiger partial charge in [-0.05, 0) is 18.9 Å². The van der Waals surface area contributed by atoms with E-state index in [0.717, 1.165) is 32.5 Å². The first-order valence-electron chi connectivity index (χ1n) is 6.48. The molecule has 1 aromatic heterocycles. The van der Waals surface area contributed by atoms with Crippen molar-refractivity contribution in [2.75, 3.05) is 26.2 Å². The highest BCUT2D eigenvalue weighted by molar-refractivity contribution is 5.92. The maximum atomic E-state index is 11.9. The second kappa shape index (κ2) is 6.44. The summed E-state index contributed by atoms with van der Waals surface area (Å²) in [7, 11) is 0. The molecule has 19 heavy (non-hydrogen) atoms. The minimum Gasteiger partial charge on any atom is -0.348 e. The molecule has 1 aliphatic heterocycles. The summed E-state index contributed by atoms with van der Waals surface area (Å²) < 4.78 is 0. The van der Waals surface area contributed by atoms with Gasteiger partial charge in [0, 0.05) is 38.3 Å². The normalized spacial score (nSPS) is 17.3. The summed E-state index contributed by atoms with van der Waals surface area (Å²) in [6.07, 6.45) is 1.82. The quantitative estimate of drug-likeness (QED) is 0.642. The van der Waals surface area contributed by atoms with Crippen molar-refractivity contribution in [2.24, 2.45) is 5.73 Å². The van der Waals surface area contributed by atoms with Crippen molar-refractivity contribution in [3.05, 3.63) is 28.2 Å². The highest BCUT2D eigenvalue weighted by Crippen LogP contribution is 2.10. The number of nitrogens with one attached hydrogen (secondary N) is 2. The minimum atomic E-state index is -0.313. The number of aromatic nitrogens is 2. The lowest BCUT2D eigenvalue weighted by atomic mass is 10.0. The third-order valence-electron chi connectivity index (χ3n) is 3.28. The van der Waals surface area contributed by atoms with Gasteiger partial charge in [0.05, 0.1) is 0 Å². The first kappa shape index (κ1) is 13.7. The van der Waals surface area contributed by atoms with E-state index < -0.39 is 0 Å². The Labute approximate surface area is 111 Å². The number of rotatable bonds is 4. The van der Waals surface area contributed by atoms with Crippen LogP contribution in [0.25, 0.3) is 0 Å². The molecule has 2 heterocycles. The molecule has 4 N–H and O–H groups in total. The number of piperidine rings is 1. The summed E-state index contributed by atoms with van der Waals surface area (Å²) in [6, 6.07) is 2.89. The number of likely N-dealkylation sites (tertiary alicyclic amines) is 1. The van der Waals surface area contributed by atoms with Gasteiger partial charge in [-0.3, -0.25) is 9.59 Å². The molecule has 104 valence electrons. The Morgan fingerprint density at radius 2 is 2.21 bits per heavy atom. The first-order chi connectivity index (χ1) is 9.19. The van der Waals surface area contributed by atoms with Crippen molar-refractivity contribution in [2.45, 2.75) is 18.9 Å². The van der Waals surface area contributed by atoms with Gasteiger partial charge in [-0.15, -0.1) is 0 Å². The molecular weight excluding hydrogens is 246 g/mol. The Morgan fingerprint density at radius 1 is 1.47 bits per heavy atom. The van der Waals surface area contributed by atoms with Gasteiger partial charge in [-0.2, -0.15) is 5.10 Å². The van der Waals surface area contributed by atoms with Crippen molar-refractivity contribution in [3.63, 3.8) is 0 Å². The maximum absolute atomic E-state index is 11.9. The molecule has 0 spiro atoms. The molecule has 7 nitrogen and oxygen atoms in total. The topological polar surface area (TPSA) is 104 Å². The fourth-order valence-electron chi connectivity index (χ4n) is 2.21. The van der Waals surface area contributed by atoms with E-state index in [4.69, 9.17) is 5.73 Å². The fraction of sp³-hybridized carbons (Fsp3) is 0.583. The van der Waals surface area contributed by atoms with Crippen LogP contribution in [0, 0.1) is 0 Å². The number of hydrogen-bond acceptors (Lipinski definition) is 5. The van der Waals surface area contributed by atoms with Gasteiger partial charge in [-0.1, -0.05) is 0 Å². The van der Waals surface area contributed by atoms with Gasteiger partial charge >= 0.3 is 0 Å². The van der Waals surface area contributed by atoms with Crippen molar-refractivity contribution < 1.29 is 4.79 Å². The number of hydrogen-bond donors (Lipinski definition) is 3. The summed E-state index contributed by atoms with van der Waals surface area (Å²) in [5.74, 6) is -0.242. The Morgan fingerprint density at radius 3 is 2.79 bits per heavy atom. The number of aromatic amines is 1. The van der Waals surface area contributed by atoms with Gasteiger partial charge in [0.2, 0.25) is 0 Å². The zero-order valence-corrected chi connectivity index (χ0v) is 10.8. The molecular formula is C12H19N5O2. The van der Waals surface area contributed by atoms with Crippen molar-refractivity contribution >= 4 is 5.91 Å². The minimum absolute atomic E-state index is 0.162. The number of nitrogens with two attached hydrogens (primary N) is 1. The molecule has 0 bridgehead atoms. The lowest BCUT2D eigenvalue weighted by molar-refractivity contribution is 0.0905. The summed E-state index contributed by atoms with van der Waals surface area (Å²) in [6.45, 7) is 3.46. The number of carbonyl (C=O) groups is 1. The largest absolute Gasteiger partial charge is 0.348 e. The number of amides is 1. The summed E-state index contributed by atoms with van der Waals surface area (Å²) in [4.78, 5) is 25.1. The van der Waals surface area contributed by atoms with E-state index in [2.05, 4.69) is 20.4 Å². The average molecular weight is 265 g/mol. The van der Waals surface area contributed by atoms with Gasteiger partial charge in [-0.25, -0.2) is 5.10 Å². The molecule has 7 heteroatoms. The zero-order valence-electron chi connectivity index (χ0n) is 10.8. The van der Waals surface area contributed by atoms with E-state index in [1.54, 1.807) is 0 Å². The predicted molar refractivity (Wildman–Crippen MR) is 70.8 cm³/mol.